The van der Waals surface area contributed by atoms with Crippen molar-refractivity contribution >= 4 is 17.7 Å². The lowest BCUT2D eigenvalue weighted by Gasteiger charge is -2.35. The molecule has 0 bridgehead atoms. The molecule has 0 saturated carbocycles. The van der Waals surface area contributed by atoms with Crippen LogP contribution in [0.4, 0.5) is 4.39 Å². The van der Waals surface area contributed by atoms with Crippen molar-refractivity contribution in [2.75, 3.05) is 31.9 Å². The van der Waals surface area contributed by atoms with Crippen LogP contribution in [0, 0.1) is 5.82 Å². The number of nitrogens with zero attached hydrogens (tertiary/aromatic N) is 1. The van der Waals surface area contributed by atoms with Crippen LogP contribution < -0.4 is 10.1 Å². The summed E-state index contributed by atoms with van der Waals surface area (Å²) in [5.74, 6) is 1.68. The molecule has 120 valence electrons. The van der Waals surface area contributed by atoms with E-state index in [9.17, 15) is 9.18 Å². The summed E-state index contributed by atoms with van der Waals surface area (Å²) in [4.78, 5) is 14.4. The number of piperidine rings is 1. The molecule has 0 aromatic heterocycles. The Balaban J connectivity index is 1.47. The Morgan fingerprint density at radius 1 is 1.27 bits per heavy atom. The molecule has 1 atom stereocenters. The maximum Gasteiger partial charge on any atom is 0.236 e. The van der Waals surface area contributed by atoms with E-state index in [2.05, 4.69) is 5.32 Å². The molecule has 1 aromatic carbocycles. The fraction of sp³-hybridized carbons (Fsp3) is 0.562. The van der Waals surface area contributed by atoms with E-state index in [-0.39, 0.29) is 23.1 Å². The summed E-state index contributed by atoms with van der Waals surface area (Å²) in [6.07, 6.45) is 1.76. The van der Waals surface area contributed by atoms with Crippen molar-refractivity contribution in [2.45, 2.75) is 24.2 Å². The Morgan fingerprint density at radius 3 is 2.64 bits per heavy atom. The average molecular weight is 324 g/mol. The molecule has 4 nitrogen and oxygen atoms in total. The summed E-state index contributed by atoms with van der Waals surface area (Å²) >= 11 is 1.75. The highest BCUT2D eigenvalue weighted by Crippen LogP contribution is 2.22. The second-order valence-electron chi connectivity index (χ2n) is 5.66. The molecule has 2 heterocycles. The Hall–Kier alpha value is -1.27. The van der Waals surface area contributed by atoms with E-state index < -0.39 is 0 Å². The highest BCUT2D eigenvalue weighted by molar-refractivity contribution is 8.00. The highest BCUT2D eigenvalue weighted by atomic mass is 32.2. The zero-order valence-corrected chi connectivity index (χ0v) is 13.3. The third-order valence-corrected chi connectivity index (χ3v) is 5.28. The quantitative estimate of drug-likeness (QED) is 0.922. The summed E-state index contributed by atoms with van der Waals surface area (Å²) < 4.78 is 18.7. The Bertz CT molecular complexity index is 497. The second kappa shape index (κ2) is 7.33. The van der Waals surface area contributed by atoms with Crippen LogP contribution in [-0.4, -0.2) is 54.1 Å². The summed E-state index contributed by atoms with van der Waals surface area (Å²) in [6.45, 7) is 3.24. The first kappa shape index (κ1) is 15.6. The first-order chi connectivity index (χ1) is 10.7. The first-order valence-corrected chi connectivity index (χ1v) is 8.80. The fourth-order valence-electron chi connectivity index (χ4n) is 2.83. The molecule has 2 aliphatic rings. The van der Waals surface area contributed by atoms with Crippen molar-refractivity contribution < 1.29 is 13.9 Å². The summed E-state index contributed by atoms with van der Waals surface area (Å²) in [6, 6.07) is 6.11. The van der Waals surface area contributed by atoms with Crippen LogP contribution in [-0.2, 0) is 4.79 Å². The van der Waals surface area contributed by atoms with Gasteiger partial charge >= 0.3 is 0 Å². The number of likely N-dealkylation sites (tertiary alicyclic amines) is 1. The van der Waals surface area contributed by atoms with E-state index in [1.807, 2.05) is 4.90 Å². The van der Waals surface area contributed by atoms with Crippen LogP contribution in [0.25, 0.3) is 0 Å². The van der Waals surface area contributed by atoms with Crippen molar-refractivity contribution in [1.82, 2.24) is 10.2 Å². The van der Waals surface area contributed by atoms with Gasteiger partial charge in [0, 0.05) is 44.8 Å². The van der Waals surface area contributed by atoms with Gasteiger partial charge in [0.15, 0.2) is 0 Å². The molecular formula is C16H21FN2O2S. The number of hydrogen-bond donors (Lipinski definition) is 1. The topological polar surface area (TPSA) is 41.6 Å². The van der Waals surface area contributed by atoms with Gasteiger partial charge in [-0.1, -0.05) is 0 Å². The third-order valence-electron chi connectivity index (χ3n) is 4.07. The second-order valence-corrected chi connectivity index (χ2v) is 6.97. The van der Waals surface area contributed by atoms with Gasteiger partial charge in [-0.3, -0.25) is 4.79 Å². The molecule has 1 N–H and O–H groups in total. The Morgan fingerprint density at radius 2 is 2.00 bits per heavy atom. The minimum Gasteiger partial charge on any atom is -0.490 e. The molecule has 2 aliphatic heterocycles. The number of halogens is 1. The largest absolute Gasteiger partial charge is 0.490 e. The summed E-state index contributed by atoms with van der Waals surface area (Å²) in [7, 11) is 0. The lowest BCUT2D eigenvalue weighted by molar-refractivity contribution is -0.132. The molecule has 1 aromatic rings. The van der Waals surface area contributed by atoms with Crippen molar-refractivity contribution in [1.29, 1.82) is 0 Å². The predicted molar refractivity (Wildman–Crippen MR) is 85.7 cm³/mol. The normalized spacial score (nSPS) is 23.3. The van der Waals surface area contributed by atoms with Gasteiger partial charge < -0.3 is 15.0 Å². The molecular weight excluding hydrogens is 303 g/mol. The molecule has 22 heavy (non-hydrogen) atoms. The van der Waals surface area contributed by atoms with E-state index in [1.165, 1.54) is 12.1 Å². The van der Waals surface area contributed by atoms with Crippen molar-refractivity contribution in [3.63, 3.8) is 0 Å². The van der Waals surface area contributed by atoms with Gasteiger partial charge in [-0.05, 0) is 24.3 Å². The predicted octanol–water partition coefficient (Wildman–Crippen LogP) is 1.90. The average Bonchev–Trinajstić information content (AvgIpc) is 2.58. The van der Waals surface area contributed by atoms with E-state index in [1.54, 1.807) is 23.9 Å². The van der Waals surface area contributed by atoms with Gasteiger partial charge in [0.05, 0.1) is 5.25 Å². The third kappa shape index (κ3) is 3.93. The van der Waals surface area contributed by atoms with Crippen LogP contribution in [0.3, 0.4) is 0 Å². The number of benzene rings is 1. The summed E-state index contributed by atoms with van der Waals surface area (Å²) in [5.41, 5.74) is 0. The number of ether oxygens (including phenoxy) is 1. The van der Waals surface area contributed by atoms with Crippen LogP contribution >= 0.6 is 11.8 Å². The standard InChI is InChI=1S/C16H21FN2O2S/c17-12-1-3-13(4-2-12)21-14-5-8-19(9-6-14)16(20)15-11-18-7-10-22-15/h1-4,14-15,18H,5-11H2. The molecule has 0 spiro atoms. The lowest BCUT2D eigenvalue weighted by Crippen LogP contribution is -2.49. The SMILES string of the molecule is O=C(C1CNCCS1)N1CCC(Oc2ccc(F)cc2)CC1. The highest BCUT2D eigenvalue weighted by Gasteiger charge is 2.30. The Kier molecular flexibility index (Phi) is 5.20. The van der Waals surface area contributed by atoms with Gasteiger partial charge in [-0.25, -0.2) is 4.39 Å². The number of carbonyl (C=O) groups excluding carboxylic acids is 1. The van der Waals surface area contributed by atoms with E-state index >= 15 is 0 Å². The van der Waals surface area contributed by atoms with Gasteiger partial charge in [-0.2, -0.15) is 0 Å². The minimum atomic E-state index is -0.258. The maximum atomic E-state index is 12.9. The number of amides is 1. The molecule has 2 saturated heterocycles. The molecule has 1 unspecified atom stereocenters. The number of carbonyl (C=O) groups is 1. The number of rotatable bonds is 3. The molecule has 0 aliphatic carbocycles. The van der Waals surface area contributed by atoms with Crippen molar-refractivity contribution in [2.24, 2.45) is 0 Å². The molecule has 2 fully saturated rings. The van der Waals surface area contributed by atoms with Crippen LogP contribution in [0.2, 0.25) is 0 Å². The van der Waals surface area contributed by atoms with Gasteiger partial charge in [0.25, 0.3) is 0 Å². The Labute approximate surface area is 134 Å². The molecule has 3 rings (SSSR count). The van der Waals surface area contributed by atoms with Gasteiger partial charge in [0.2, 0.25) is 5.91 Å². The lowest BCUT2D eigenvalue weighted by atomic mass is 10.1. The minimum absolute atomic E-state index is 0.0586. The zero-order chi connectivity index (χ0) is 15.4. The maximum absolute atomic E-state index is 12.9. The monoisotopic (exact) mass is 324 g/mol. The number of nitrogens with one attached hydrogen (secondary N) is 1. The van der Waals surface area contributed by atoms with Crippen LogP contribution in [0.5, 0.6) is 5.75 Å². The smallest absolute Gasteiger partial charge is 0.236 e. The van der Waals surface area contributed by atoms with E-state index in [4.69, 9.17) is 4.74 Å². The van der Waals surface area contributed by atoms with E-state index in [0.717, 1.165) is 44.8 Å². The molecule has 6 heteroatoms. The zero-order valence-electron chi connectivity index (χ0n) is 12.5. The summed E-state index contributed by atoms with van der Waals surface area (Å²) in [5, 5.41) is 3.34. The van der Waals surface area contributed by atoms with E-state index in [0.29, 0.717) is 5.75 Å². The molecule has 1 amide bonds. The fourth-order valence-corrected chi connectivity index (χ4v) is 3.90. The van der Waals surface area contributed by atoms with Gasteiger partial charge in [-0.15, -0.1) is 11.8 Å². The van der Waals surface area contributed by atoms with Crippen molar-refractivity contribution in [3.8, 4) is 5.75 Å². The number of thioether (sulfide) groups is 1. The molecule has 0 radical (unpaired) electrons. The van der Waals surface area contributed by atoms with Crippen LogP contribution in [0.1, 0.15) is 12.8 Å². The number of hydrogen-bond acceptors (Lipinski definition) is 4. The van der Waals surface area contributed by atoms with Gasteiger partial charge in [0.1, 0.15) is 17.7 Å². The van der Waals surface area contributed by atoms with Crippen molar-refractivity contribution in [3.05, 3.63) is 30.1 Å². The first-order valence-electron chi connectivity index (χ1n) is 7.76. The van der Waals surface area contributed by atoms with Crippen LogP contribution in [0.15, 0.2) is 24.3 Å².